The number of halogens is 2. The van der Waals surface area contributed by atoms with Crippen LogP contribution in [0.3, 0.4) is 0 Å². The summed E-state index contributed by atoms with van der Waals surface area (Å²) in [5.74, 6) is -0.355. The van der Waals surface area contributed by atoms with E-state index in [0.29, 0.717) is 30.5 Å². The minimum atomic E-state index is -0.719. The van der Waals surface area contributed by atoms with Gasteiger partial charge in [0.2, 0.25) is 0 Å². The Balaban J connectivity index is 1.52. The molecule has 0 amide bonds. The van der Waals surface area contributed by atoms with Gasteiger partial charge in [0.05, 0.1) is 14.2 Å². The van der Waals surface area contributed by atoms with Gasteiger partial charge >= 0.3 is 0 Å². The van der Waals surface area contributed by atoms with Crippen molar-refractivity contribution < 1.29 is 23.0 Å². The summed E-state index contributed by atoms with van der Waals surface area (Å²) in [6, 6.07) is 6.89. The van der Waals surface area contributed by atoms with Crippen LogP contribution in [-0.4, -0.2) is 56.6 Å². The summed E-state index contributed by atoms with van der Waals surface area (Å²) in [6.45, 7) is 7.13. The number of benzene rings is 2. The molecule has 0 radical (unpaired) electrons. The summed E-state index contributed by atoms with van der Waals surface area (Å²) in [6.07, 6.45) is 2.51. The molecule has 0 atom stereocenters. The highest BCUT2D eigenvalue weighted by atomic mass is 19.1. The number of nitrogens with zero attached hydrogens (tertiary/aromatic N) is 2. The van der Waals surface area contributed by atoms with Gasteiger partial charge in [0, 0.05) is 42.8 Å². The van der Waals surface area contributed by atoms with E-state index in [2.05, 4.69) is 18.7 Å². The van der Waals surface area contributed by atoms with Gasteiger partial charge in [-0.15, -0.1) is 0 Å². The Hall–Kier alpha value is -2.67. The van der Waals surface area contributed by atoms with Crippen LogP contribution in [0.5, 0.6) is 11.5 Å². The van der Waals surface area contributed by atoms with Crippen molar-refractivity contribution in [3.8, 4) is 11.5 Å². The van der Waals surface area contributed by atoms with Crippen LogP contribution >= 0.6 is 0 Å². The molecular formula is C25H30F2N2O3. The van der Waals surface area contributed by atoms with Crippen molar-refractivity contribution in [1.29, 1.82) is 0 Å². The van der Waals surface area contributed by atoms with Gasteiger partial charge in [-0.2, -0.15) is 0 Å². The number of methoxy groups -OCH3 is 2. The summed E-state index contributed by atoms with van der Waals surface area (Å²) >= 11 is 0. The topological polar surface area (TPSA) is 42.0 Å². The maximum Gasteiger partial charge on any atom is 0.193 e. The van der Waals surface area contributed by atoms with Crippen LogP contribution in [0, 0.1) is 17.6 Å². The van der Waals surface area contributed by atoms with E-state index in [9.17, 15) is 4.79 Å². The van der Waals surface area contributed by atoms with Gasteiger partial charge in [0.15, 0.2) is 17.3 Å². The largest absolute Gasteiger partial charge is 0.493 e. The summed E-state index contributed by atoms with van der Waals surface area (Å²) in [7, 11) is 2.96. The molecule has 172 valence electrons. The van der Waals surface area contributed by atoms with Crippen LogP contribution in [0.25, 0.3) is 0 Å². The van der Waals surface area contributed by atoms with Crippen molar-refractivity contribution >= 4 is 11.5 Å². The average molecular weight is 445 g/mol. The van der Waals surface area contributed by atoms with Gasteiger partial charge in [-0.3, -0.25) is 9.69 Å². The zero-order valence-corrected chi connectivity index (χ0v) is 19.1. The Bertz CT molecular complexity index is 989. The zero-order valence-electron chi connectivity index (χ0n) is 19.1. The van der Waals surface area contributed by atoms with E-state index in [1.54, 1.807) is 17.0 Å². The second-order valence-corrected chi connectivity index (χ2v) is 9.09. The van der Waals surface area contributed by atoms with Crippen molar-refractivity contribution in [1.82, 2.24) is 4.90 Å². The maximum absolute atomic E-state index is 15.0. The van der Waals surface area contributed by atoms with Crippen LogP contribution in [-0.2, 0) is 0 Å². The van der Waals surface area contributed by atoms with Crippen LogP contribution < -0.4 is 14.4 Å². The van der Waals surface area contributed by atoms with Gasteiger partial charge in [0.25, 0.3) is 0 Å². The van der Waals surface area contributed by atoms with E-state index in [-0.39, 0.29) is 22.4 Å². The van der Waals surface area contributed by atoms with E-state index in [1.165, 1.54) is 33.1 Å². The van der Waals surface area contributed by atoms with Crippen LogP contribution in [0.15, 0.2) is 30.3 Å². The number of carbonyl (C=O) groups is 1. The molecule has 0 N–H and O–H groups in total. The molecule has 2 aliphatic rings. The molecule has 1 saturated heterocycles. The second-order valence-electron chi connectivity index (χ2n) is 9.09. The summed E-state index contributed by atoms with van der Waals surface area (Å²) < 4.78 is 40.4. The molecule has 32 heavy (non-hydrogen) atoms. The lowest BCUT2D eigenvalue weighted by Crippen LogP contribution is -2.56. The fourth-order valence-electron chi connectivity index (χ4n) is 4.70. The monoisotopic (exact) mass is 444 g/mol. The van der Waals surface area contributed by atoms with Crippen molar-refractivity contribution in [3.05, 3.63) is 53.1 Å². The predicted octanol–water partition coefficient (Wildman–Crippen LogP) is 4.52. The third-order valence-electron chi connectivity index (χ3n) is 6.91. The summed E-state index contributed by atoms with van der Waals surface area (Å²) in [4.78, 5) is 17.0. The van der Waals surface area contributed by atoms with Crippen molar-refractivity contribution in [2.24, 2.45) is 5.92 Å². The average Bonchev–Trinajstić information content (AvgIpc) is 3.64. The number of piperazine rings is 1. The number of ether oxygens (including phenoxy) is 2. The molecule has 1 aliphatic carbocycles. The Morgan fingerprint density at radius 3 is 2.03 bits per heavy atom. The standard InChI is InChI=1S/C25H30F2N2O3/c1-25(2,18-6-7-18)29-11-9-28(10-12-29)23-19(26)13-17(14-20(23)27)24(30)16-5-8-21(31-3)22(15-16)32-4/h5,8,13-15,18H,6-7,9-12H2,1-4H3. The lowest BCUT2D eigenvalue weighted by molar-refractivity contribution is 0.0916. The molecule has 0 unspecified atom stereocenters. The number of hydrogen-bond donors (Lipinski definition) is 0. The smallest absolute Gasteiger partial charge is 0.193 e. The predicted molar refractivity (Wildman–Crippen MR) is 120 cm³/mol. The quantitative estimate of drug-likeness (QED) is 0.588. The Labute approximate surface area is 187 Å². The molecule has 1 aliphatic heterocycles. The third-order valence-corrected chi connectivity index (χ3v) is 6.91. The first-order valence-electron chi connectivity index (χ1n) is 11.0. The molecule has 1 heterocycles. The van der Waals surface area contributed by atoms with Crippen molar-refractivity contribution in [2.75, 3.05) is 45.3 Å². The first kappa shape index (κ1) is 22.5. The normalized spacial score (nSPS) is 17.4. The van der Waals surface area contributed by atoms with E-state index in [4.69, 9.17) is 9.47 Å². The van der Waals surface area contributed by atoms with Crippen molar-refractivity contribution in [2.45, 2.75) is 32.2 Å². The van der Waals surface area contributed by atoms with Gasteiger partial charge in [-0.25, -0.2) is 8.78 Å². The summed E-state index contributed by atoms with van der Waals surface area (Å²) in [5.41, 5.74) is 0.297. The summed E-state index contributed by atoms with van der Waals surface area (Å²) in [5, 5.41) is 0. The number of anilines is 1. The van der Waals surface area contributed by atoms with Crippen molar-refractivity contribution in [3.63, 3.8) is 0 Å². The highest BCUT2D eigenvalue weighted by molar-refractivity contribution is 6.09. The fraction of sp³-hybridized carbons (Fsp3) is 0.480. The highest BCUT2D eigenvalue weighted by Gasteiger charge is 2.43. The first-order chi connectivity index (χ1) is 15.3. The minimum absolute atomic E-state index is 0.0375. The number of hydrogen-bond acceptors (Lipinski definition) is 5. The highest BCUT2D eigenvalue weighted by Crippen LogP contribution is 2.43. The van der Waals surface area contributed by atoms with Crippen LogP contribution in [0.4, 0.5) is 14.5 Å². The molecule has 0 aromatic heterocycles. The molecule has 0 spiro atoms. The zero-order chi connectivity index (χ0) is 23.0. The Morgan fingerprint density at radius 2 is 1.50 bits per heavy atom. The molecule has 4 rings (SSSR count). The fourth-order valence-corrected chi connectivity index (χ4v) is 4.70. The molecule has 7 heteroatoms. The van der Waals surface area contributed by atoms with E-state index < -0.39 is 17.4 Å². The van der Waals surface area contributed by atoms with Crippen LogP contribution in [0.2, 0.25) is 0 Å². The molecule has 2 aromatic rings. The van der Waals surface area contributed by atoms with E-state index in [1.807, 2.05) is 0 Å². The van der Waals surface area contributed by atoms with E-state index >= 15 is 8.78 Å². The Morgan fingerprint density at radius 1 is 0.906 bits per heavy atom. The van der Waals surface area contributed by atoms with Gasteiger partial charge in [-0.1, -0.05) is 0 Å². The molecule has 1 saturated carbocycles. The molecular weight excluding hydrogens is 414 g/mol. The van der Waals surface area contributed by atoms with Gasteiger partial charge in [0.1, 0.15) is 17.3 Å². The van der Waals surface area contributed by atoms with E-state index in [0.717, 1.165) is 25.2 Å². The number of rotatable bonds is 7. The number of ketones is 1. The lowest BCUT2D eigenvalue weighted by Gasteiger charge is -2.45. The molecule has 2 fully saturated rings. The van der Waals surface area contributed by atoms with Crippen LogP contribution in [0.1, 0.15) is 42.6 Å². The molecule has 2 aromatic carbocycles. The minimum Gasteiger partial charge on any atom is -0.493 e. The SMILES string of the molecule is COc1ccc(C(=O)c2cc(F)c(N3CCN(C(C)(C)C4CC4)CC3)c(F)c2)cc1OC. The van der Waals surface area contributed by atoms with Gasteiger partial charge < -0.3 is 14.4 Å². The molecule has 0 bridgehead atoms. The van der Waals surface area contributed by atoms with Gasteiger partial charge in [-0.05, 0) is 62.9 Å². The molecule has 5 nitrogen and oxygen atoms in total. The first-order valence-corrected chi connectivity index (χ1v) is 11.0. The third kappa shape index (κ3) is 4.18. The second kappa shape index (κ2) is 8.70. The Kier molecular flexibility index (Phi) is 6.12. The maximum atomic E-state index is 15.0. The number of carbonyl (C=O) groups excluding carboxylic acids is 1. The lowest BCUT2D eigenvalue weighted by atomic mass is 9.95.